The Morgan fingerprint density at radius 2 is 1.68 bits per heavy atom. The van der Waals surface area contributed by atoms with Gasteiger partial charge in [-0.05, 0) is 77.3 Å². The molecule has 0 atom stereocenters. The number of pyridine rings is 1. The number of fused-ring (bicyclic) bond motifs is 3. The molecule has 1 aliphatic carbocycles. The molecular weight excluding hydrogens is 514 g/mol. The van der Waals surface area contributed by atoms with Crippen LogP contribution >= 0.6 is 0 Å². The summed E-state index contributed by atoms with van der Waals surface area (Å²) in [5.74, 6) is 0.312. The van der Waals surface area contributed by atoms with E-state index in [1.54, 1.807) is 18.2 Å². The number of rotatable bonds is 5. The second kappa shape index (κ2) is 10.8. The summed E-state index contributed by atoms with van der Waals surface area (Å²) in [6, 6.07) is 21.3. The van der Waals surface area contributed by atoms with Crippen LogP contribution in [0, 0.1) is 0 Å². The van der Waals surface area contributed by atoms with Gasteiger partial charge in [0.05, 0.1) is 16.8 Å². The second-order valence-corrected chi connectivity index (χ2v) is 11.6. The molecule has 0 amide bonds. The zero-order chi connectivity index (χ0) is 28.6. The van der Waals surface area contributed by atoms with Crippen molar-refractivity contribution in [3.63, 3.8) is 0 Å². The van der Waals surface area contributed by atoms with Gasteiger partial charge in [0.2, 0.25) is 0 Å². The molecule has 6 nitrogen and oxygen atoms in total. The standard InChI is InChI=1S/C35H33NO5/c1-35(2,3)25-14-11-22(12-15-25)19-24-7-6-9-27-32(26-8-4-5-10-28(26)36-33(24)27)34(38)41-21-29(37)23-13-16-30-31(20-23)40-18-17-39-30/h4-5,8,10-16,19-20H,6-7,9,17-18,21H2,1-3H3/b24-19+. The molecule has 41 heavy (non-hydrogen) atoms. The number of benzene rings is 3. The molecule has 1 aromatic heterocycles. The van der Waals surface area contributed by atoms with E-state index in [9.17, 15) is 9.59 Å². The van der Waals surface area contributed by atoms with Gasteiger partial charge in [-0.25, -0.2) is 9.78 Å². The van der Waals surface area contributed by atoms with Crippen LogP contribution in [-0.4, -0.2) is 36.6 Å². The first kappa shape index (κ1) is 26.8. The lowest BCUT2D eigenvalue weighted by Crippen LogP contribution is -2.19. The van der Waals surface area contributed by atoms with Crippen LogP contribution < -0.4 is 9.47 Å². The van der Waals surface area contributed by atoms with Gasteiger partial charge >= 0.3 is 5.97 Å². The van der Waals surface area contributed by atoms with E-state index < -0.39 is 5.97 Å². The summed E-state index contributed by atoms with van der Waals surface area (Å²) in [5.41, 5.74) is 6.91. The van der Waals surface area contributed by atoms with Crippen LogP contribution in [0.5, 0.6) is 11.5 Å². The number of carbonyl (C=O) groups is 2. The topological polar surface area (TPSA) is 74.7 Å². The van der Waals surface area contributed by atoms with Crippen molar-refractivity contribution < 1.29 is 23.8 Å². The summed E-state index contributed by atoms with van der Waals surface area (Å²) >= 11 is 0. The van der Waals surface area contributed by atoms with Gasteiger partial charge in [0.25, 0.3) is 0 Å². The number of hydrogen-bond acceptors (Lipinski definition) is 6. The monoisotopic (exact) mass is 547 g/mol. The van der Waals surface area contributed by atoms with Gasteiger partial charge in [0.1, 0.15) is 13.2 Å². The van der Waals surface area contributed by atoms with E-state index >= 15 is 0 Å². The maximum Gasteiger partial charge on any atom is 0.339 e. The Morgan fingerprint density at radius 3 is 2.46 bits per heavy atom. The molecule has 4 aromatic rings. The number of ketones is 1. The van der Waals surface area contributed by atoms with E-state index in [-0.39, 0.29) is 17.8 Å². The average molecular weight is 548 g/mol. The van der Waals surface area contributed by atoms with E-state index in [0.29, 0.717) is 42.3 Å². The molecule has 2 heterocycles. The number of Topliss-reactive ketones (excluding diaryl/α,β-unsaturated/α-hetero) is 1. The Kier molecular flexibility index (Phi) is 7.08. The highest BCUT2D eigenvalue weighted by atomic mass is 16.6. The number of ether oxygens (including phenoxy) is 3. The van der Waals surface area contributed by atoms with Crippen LogP contribution in [0.4, 0.5) is 0 Å². The highest BCUT2D eigenvalue weighted by molar-refractivity contribution is 6.08. The molecule has 0 bridgehead atoms. The summed E-state index contributed by atoms with van der Waals surface area (Å²) in [7, 11) is 0. The summed E-state index contributed by atoms with van der Waals surface area (Å²) < 4.78 is 16.8. The first-order chi connectivity index (χ1) is 19.8. The molecule has 208 valence electrons. The number of carbonyl (C=O) groups excluding carboxylic acids is 2. The maximum absolute atomic E-state index is 13.6. The van der Waals surface area contributed by atoms with Gasteiger partial charge < -0.3 is 14.2 Å². The second-order valence-electron chi connectivity index (χ2n) is 11.6. The van der Waals surface area contributed by atoms with Gasteiger partial charge in [-0.15, -0.1) is 0 Å². The molecule has 6 heteroatoms. The lowest BCUT2D eigenvalue weighted by Gasteiger charge is -2.23. The summed E-state index contributed by atoms with van der Waals surface area (Å²) in [5, 5.41) is 0.735. The third-order valence-electron chi connectivity index (χ3n) is 7.69. The fraction of sp³-hybridized carbons (Fsp3) is 0.286. The molecule has 0 saturated carbocycles. The van der Waals surface area contributed by atoms with Gasteiger partial charge in [0.15, 0.2) is 23.9 Å². The predicted molar refractivity (Wildman–Crippen MR) is 160 cm³/mol. The highest BCUT2D eigenvalue weighted by Crippen LogP contribution is 2.37. The number of para-hydroxylation sites is 1. The minimum absolute atomic E-state index is 0.0856. The van der Waals surface area contributed by atoms with Crippen molar-refractivity contribution in [2.45, 2.75) is 45.4 Å². The van der Waals surface area contributed by atoms with Gasteiger partial charge in [0, 0.05) is 10.9 Å². The largest absolute Gasteiger partial charge is 0.486 e. The molecule has 3 aromatic carbocycles. The number of allylic oxidation sites excluding steroid dienone is 1. The third kappa shape index (κ3) is 5.47. The van der Waals surface area contributed by atoms with Gasteiger partial charge in [-0.3, -0.25) is 4.79 Å². The molecule has 6 rings (SSSR count). The van der Waals surface area contributed by atoms with E-state index in [1.807, 2.05) is 24.3 Å². The van der Waals surface area contributed by atoms with Crippen molar-refractivity contribution in [2.24, 2.45) is 0 Å². The normalized spacial score (nSPS) is 15.4. The number of aromatic nitrogens is 1. The minimum atomic E-state index is -0.512. The van der Waals surface area contributed by atoms with Crippen LogP contribution in [-0.2, 0) is 16.6 Å². The van der Waals surface area contributed by atoms with Crippen LogP contribution in [0.15, 0.2) is 66.7 Å². The molecule has 1 aliphatic heterocycles. The maximum atomic E-state index is 13.6. The lowest BCUT2D eigenvalue weighted by molar-refractivity contribution is 0.0475. The zero-order valence-corrected chi connectivity index (χ0v) is 23.7. The van der Waals surface area contributed by atoms with Gasteiger partial charge in [-0.2, -0.15) is 0 Å². The minimum Gasteiger partial charge on any atom is -0.486 e. The fourth-order valence-electron chi connectivity index (χ4n) is 5.49. The average Bonchev–Trinajstić information content (AvgIpc) is 2.98. The summed E-state index contributed by atoms with van der Waals surface area (Å²) in [4.78, 5) is 31.6. The van der Waals surface area contributed by atoms with E-state index in [0.717, 1.165) is 46.1 Å². The van der Waals surface area contributed by atoms with Crippen molar-refractivity contribution in [1.82, 2.24) is 4.98 Å². The third-order valence-corrected chi connectivity index (χ3v) is 7.69. The van der Waals surface area contributed by atoms with Crippen molar-refractivity contribution >= 4 is 34.3 Å². The first-order valence-corrected chi connectivity index (χ1v) is 14.1. The van der Waals surface area contributed by atoms with Crippen molar-refractivity contribution in [3.8, 4) is 11.5 Å². The Morgan fingerprint density at radius 1 is 0.927 bits per heavy atom. The Balaban J connectivity index is 1.30. The molecule has 0 fully saturated rings. The van der Waals surface area contributed by atoms with Gasteiger partial charge in [-0.1, -0.05) is 63.2 Å². The Bertz CT molecular complexity index is 1680. The zero-order valence-electron chi connectivity index (χ0n) is 23.7. The lowest BCUT2D eigenvalue weighted by atomic mass is 9.85. The van der Waals surface area contributed by atoms with Crippen molar-refractivity contribution in [2.75, 3.05) is 19.8 Å². The van der Waals surface area contributed by atoms with Crippen LogP contribution in [0.1, 0.15) is 76.7 Å². The predicted octanol–water partition coefficient (Wildman–Crippen LogP) is 7.22. The first-order valence-electron chi connectivity index (χ1n) is 14.1. The SMILES string of the molecule is CC(C)(C)c1ccc(/C=C2\CCCc3c2nc2ccccc2c3C(=O)OCC(=O)c2ccc3c(c2)OCCO3)cc1. The van der Waals surface area contributed by atoms with E-state index in [2.05, 4.69) is 51.1 Å². The number of hydrogen-bond donors (Lipinski definition) is 0. The number of esters is 1. The Labute approximate surface area is 240 Å². The van der Waals surface area contributed by atoms with Crippen LogP contribution in [0.25, 0.3) is 22.6 Å². The molecule has 0 N–H and O–H groups in total. The molecule has 0 radical (unpaired) electrons. The molecule has 0 saturated heterocycles. The molecule has 2 aliphatic rings. The summed E-state index contributed by atoms with van der Waals surface area (Å²) in [6.07, 6.45) is 4.66. The summed E-state index contributed by atoms with van der Waals surface area (Å²) in [6.45, 7) is 7.15. The number of nitrogens with zero attached hydrogens (tertiary/aromatic N) is 1. The van der Waals surface area contributed by atoms with Crippen molar-refractivity contribution in [3.05, 3.63) is 100 Å². The molecular formula is C35H33NO5. The fourth-order valence-corrected chi connectivity index (χ4v) is 5.49. The van der Waals surface area contributed by atoms with E-state index in [1.165, 1.54) is 5.56 Å². The van der Waals surface area contributed by atoms with Crippen LogP contribution in [0.2, 0.25) is 0 Å². The molecule has 0 unspecified atom stereocenters. The quantitative estimate of drug-likeness (QED) is 0.194. The smallest absolute Gasteiger partial charge is 0.339 e. The van der Waals surface area contributed by atoms with Crippen molar-refractivity contribution in [1.29, 1.82) is 0 Å². The highest BCUT2D eigenvalue weighted by Gasteiger charge is 2.27. The molecule has 0 spiro atoms. The van der Waals surface area contributed by atoms with E-state index in [4.69, 9.17) is 19.2 Å². The Hall–Kier alpha value is -4.45. The van der Waals surface area contributed by atoms with Crippen LogP contribution in [0.3, 0.4) is 0 Å².